The van der Waals surface area contributed by atoms with Crippen molar-refractivity contribution in [2.75, 3.05) is 5.43 Å². The first-order chi connectivity index (χ1) is 8.56. The molecular formula is C13H22N4O. The summed E-state index contributed by atoms with van der Waals surface area (Å²) in [5, 5.41) is 2.98. The van der Waals surface area contributed by atoms with E-state index in [1.807, 2.05) is 6.92 Å². The fourth-order valence-corrected chi connectivity index (χ4v) is 1.79. The average molecular weight is 250 g/mol. The summed E-state index contributed by atoms with van der Waals surface area (Å²) >= 11 is 0. The number of nitrogens with one attached hydrogen (secondary N) is 2. The number of anilines is 1. The predicted molar refractivity (Wildman–Crippen MR) is 73.0 cm³/mol. The molecule has 0 bridgehead atoms. The molecule has 1 amide bonds. The minimum Gasteiger partial charge on any atom is -0.350 e. The van der Waals surface area contributed by atoms with Crippen LogP contribution < -0.4 is 16.6 Å². The maximum atomic E-state index is 12.0. The van der Waals surface area contributed by atoms with Gasteiger partial charge in [-0.15, -0.1) is 0 Å². The summed E-state index contributed by atoms with van der Waals surface area (Å²) in [4.78, 5) is 16.0. The molecule has 0 saturated heterocycles. The molecule has 100 valence electrons. The summed E-state index contributed by atoms with van der Waals surface area (Å²) in [6.07, 6.45) is 3.66. The van der Waals surface area contributed by atoms with E-state index in [1.54, 1.807) is 18.3 Å². The molecule has 18 heavy (non-hydrogen) atoms. The Balaban J connectivity index is 2.58. The molecule has 0 radical (unpaired) electrons. The molecule has 1 aromatic heterocycles. The number of carbonyl (C=O) groups is 1. The molecule has 1 heterocycles. The van der Waals surface area contributed by atoms with Crippen molar-refractivity contribution < 1.29 is 4.79 Å². The van der Waals surface area contributed by atoms with Crippen LogP contribution in [0.1, 0.15) is 44.0 Å². The first-order valence-corrected chi connectivity index (χ1v) is 6.30. The second-order valence-electron chi connectivity index (χ2n) is 4.70. The van der Waals surface area contributed by atoms with Crippen LogP contribution in [-0.4, -0.2) is 16.9 Å². The number of carbonyl (C=O) groups excluding carboxylic acids is 1. The molecule has 4 N–H and O–H groups in total. The number of nitrogens with two attached hydrogens (primary N) is 1. The van der Waals surface area contributed by atoms with E-state index in [-0.39, 0.29) is 11.9 Å². The zero-order chi connectivity index (χ0) is 13.5. The third-order valence-corrected chi connectivity index (χ3v) is 3.00. The Morgan fingerprint density at radius 1 is 1.50 bits per heavy atom. The number of nitrogens with zero attached hydrogens (tertiary/aromatic N) is 1. The van der Waals surface area contributed by atoms with Crippen molar-refractivity contribution in [3.63, 3.8) is 0 Å². The highest BCUT2D eigenvalue weighted by molar-refractivity contribution is 5.94. The van der Waals surface area contributed by atoms with Gasteiger partial charge in [0.25, 0.3) is 5.91 Å². The number of aromatic nitrogens is 1. The van der Waals surface area contributed by atoms with Gasteiger partial charge in [-0.2, -0.15) is 0 Å². The van der Waals surface area contributed by atoms with Crippen molar-refractivity contribution >= 4 is 11.7 Å². The summed E-state index contributed by atoms with van der Waals surface area (Å²) in [6, 6.07) is 3.46. The lowest BCUT2D eigenvalue weighted by Crippen LogP contribution is -2.33. The molecule has 0 aliphatic rings. The molecule has 0 aliphatic carbocycles. The average Bonchev–Trinajstić information content (AvgIpc) is 2.38. The summed E-state index contributed by atoms with van der Waals surface area (Å²) in [5.74, 6) is 6.26. The van der Waals surface area contributed by atoms with Gasteiger partial charge in [-0.05, 0) is 31.4 Å². The molecule has 2 atom stereocenters. The number of hydrogen-bond donors (Lipinski definition) is 3. The number of amides is 1. The van der Waals surface area contributed by atoms with E-state index in [4.69, 9.17) is 5.84 Å². The van der Waals surface area contributed by atoms with E-state index in [9.17, 15) is 4.79 Å². The molecule has 5 heteroatoms. The first-order valence-electron chi connectivity index (χ1n) is 6.30. The maximum absolute atomic E-state index is 12.0. The predicted octanol–water partition coefficient (Wildman–Crippen LogP) is 1.92. The Bertz CT molecular complexity index is 394. The topological polar surface area (TPSA) is 80.0 Å². The van der Waals surface area contributed by atoms with Crippen molar-refractivity contribution in [2.24, 2.45) is 11.8 Å². The van der Waals surface area contributed by atoms with Crippen LogP contribution >= 0.6 is 0 Å². The third-order valence-electron chi connectivity index (χ3n) is 3.00. The van der Waals surface area contributed by atoms with Gasteiger partial charge in [0.1, 0.15) is 5.82 Å². The van der Waals surface area contributed by atoms with Gasteiger partial charge in [0.2, 0.25) is 0 Å². The van der Waals surface area contributed by atoms with E-state index in [1.165, 1.54) is 0 Å². The monoisotopic (exact) mass is 250 g/mol. The van der Waals surface area contributed by atoms with Gasteiger partial charge in [-0.3, -0.25) is 4.79 Å². The molecule has 0 aromatic carbocycles. The highest BCUT2D eigenvalue weighted by atomic mass is 16.1. The van der Waals surface area contributed by atoms with Crippen molar-refractivity contribution in [3.05, 3.63) is 23.9 Å². The number of hydrogen-bond acceptors (Lipinski definition) is 4. The zero-order valence-electron chi connectivity index (χ0n) is 11.2. The van der Waals surface area contributed by atoms with E-state index in [2.05, 4.69) is 29.6 Å². The number of nitrogen functional groups attached to an aromatic ring is 1. The smallest absolute Gasteiger partial charge is 0.251 e. The van der Waals surface area contributed by atoms with Gasteiger partial charge in [0.15, 0.2) is 0 Å². The molecular weight excluding hydrogens is 228 g/mol. The summed E-state index contributed by atoms with van der Waals surface area (Å²) in [7, 11) is 0. The fourth-order valence-electron chi connectivity index (χ4n) is 1.79. The lowest BCUT2D eigenvalue weighted by atomic mass is 10.0. The molecule has 0 saturated carbocycles. The molecule has 1 rings (SSSR count). The summed E-state index contributed by atoms with van der Waals surface area (Å²) in [5.41, 5.74) is 2.99. The summed E-state index contributed by atoms with van der Waals surface area (Å²) < 4.78 is 0. The largest absolute Gasteiger partial charge is 0.350 e. The highest BCUT2D eigenvalue weighted by Gasteiger charge is 2.12. The van der Waals surface area contributed by atoms with Gasteiger partial charge >= 0.3 is 0 Å². The van der Waals surface area contributed by atoms with Crippen molar-refractivity contribution in [1.82, 2.24) is 10.3 Å². The van der Waals surface area contributed by atoms with Crippen LogP contribution in [0.5, 0.6) is 0 Å². The minimum absolute atomic E-state index is 0.0929. The SMILES string of the molecule is CCC(C)CC(C)NC(=O)c1ccnc(NN)c1. The second-order valence-corrected chi connectivity index (χ2v) is 4.70. The van der Waals surface area contributed by atoms with Crippen LogP contribution in [0, 0.1) is 5.92 Å². The van der Waals surface area contributed by atoms with Gasteiger partial charge in [-0.25, -0.2) is 10.8 Å². The highest BCUT2D eigenvalue weighted by Crippen LogP contribution is 2.11. The van der Waals surface area contributed by atoms with Gasteiger partial charge in [0.05, 0.1) is 0 Å². The normalized spacial score (nSPS) is 13.8. The van der Waals surface area contributed by atoms with Crippen LogP contribution in [0.3, 0.4) is 0 Å². The molecule has 0 fully saturated rings. The van der Waals surface area contributed by atoms with Crippen LogP contribution in [0.25, 0.3) is 0 Å². The van der Waals surface area contributed by atoms with Crippen LogP contribution in [0.2, 0.25) is 0 Å². The zero-order valence-corrected chi connectivity index (χ0v) is 11.2. The number of hydrazine groups is 1. The Kier molecular flexibility index (Phi) is 5.58. The molecule has 5 nitrogen and oxygen atoms in total. The molecule has 0 spiro atoms. The Morgan fingerprint density at radius 3 is 2.83 bits per heavy atom. The van der Waals surface area contributed by atoms with Crippen molar-refractivity contribution in [2.45, 2.75) is 39.7 Å². The lowest BCUT2D eigenvalue weighted by molar-refractivity contribution is 0.0935. The van der Waals surface area contributed by atoms with Gasteiger partial charge in [-0.1, -0.05) is 20.3 Å². The maximum Gasteiger partial charge on any atom is 0.251 e. The number of pyridine rings is 1. The van der Waals surface area contributed by atoms with E-state index in [0.717, 1.165) is 12.8 Å². The molecule has 2 unspecified atom stereocenters. The van der Waals surface area contributed by atoms with E-state index >= 15 is 0 Å². The van der Waals surface area contributed by atoms with E-state index < -0.39 is 0 Å². The standard InChI is InChI=1S/C13H22N4O/c1-4-9(2)7-10(3)16-13(18)11-5-6-15-12(8-11)17-14/h5-6,8-10H,4,7,14H2,1-3H3,(H,15,17)(H,16,18). The minimum atomic E-state index is -0.0929. The quantitative estimate of drug-likeness (QED) is 0.532. The van der Waals surface area contributed by atoms with Crippen LogP contribution in [0.15, 0.2) is 18.3 Å². The second kappa shape index (κ2) is 6.96. The molecule has 1 aromatic rings. The summed E-state index contributed by atoms with van der Waals surface area (Å²) in [6.45, 7) is 6.36. The van der Waals surface area contributed by atoms with Gasteiger partial charge < -0.3 is 10.7 Å². The third kappa shape index (κ3) is 4.33. The Hall–Kier alpha value is -1.62. The van der Waals surface area contributed by atoms with Crippen molar-refractivity contribution in [1.29, 1.82) is 0 Å². The van der Waals surface area contributed by atoms with Crippen LogP contribution in [0.4, 0.5) is 5.82 Å². The number of rotatable bonds is 6. The Labute approximate surface area is 108 Å². The first kappa shape index (κ1) is 14.4. The van der Waals surface area contributed by atoms with Gasteiger partial charge in [0, 0.05) is 17.8 Å². The van der Waals surface area contributed by atoms with E-state index in [0.29, 0.717) is 17.3 Å². The lowest BCUT2D eigenvalue weighted by Gasteiger charge is -2.17. The fraction of sp³-hybridized carbons (Fsp3) is 0.538. The Morgan fingerprint density at radius 2 is 2.22 bits per heavy atom. The van der Waals surface area contributed by atoms with Crippen LogP contribution in [-0.2, 0) is 0 Å². The molecule has 0 aliphatic heterocycles. The van der Waals surface area contributed by atoms with Crippen molar-refractivity contribution in [3.8, 4) is 0 Å².